The quantitative estimate of drug-likeness (QED) is 0.0312. The van der Waals surface area contributed by atoms with E-state index in [0.717, 1.165) is 0 Å². The third-order valence-corrected chi connectivity index (χ3v) is 9.30. The minimum absolute atomic E-state index is 0.0239. The van der Waals surface area contributed by atoms with Gasteiger partial charge in [-0.05, 0) is 101 Å². The lowest BCUT2D eigenvalue weighted by molar-refractivity contribution is -0.384. The van der Waals surface area contributed by atoms with E-state index in [9.17, 15) is 43.0 Å². The van der Waals surface area contributed by atoms with Crippen molar-refractivity contribution in [2.24, 2.45) is 0 Å². The molecule has 0 unspecified atom stereocenters. The zero-order valence-electron chi connectivity index (χ0n) is 34.2. The lowest BCUT2D eigenvalue weighted by Crippen LogP contribution is -2.27. The molecule has 0 radical (unpaired) electrons. The van der Waals surface area contributed by atoms with Crippen LogP contribution >= 0.6 is 15.9 Å². The molecule has 0 amide bonds. The number of rotatable bonds is 8. The predicted molar refractivity (Wildman–Crippen MR) is 245 cm³/mol. The van der Waals surface area contributed by atoms with Gasteiger partial charge in [0.05, 0.1) is 47.9 Å². The number of aromatic amines is 1. The topological polar surface area (TPSA) is 281 Å². The van der Waals surface area contributed by atoms with E-state index in [1.54, 1.807) is 78.9 Å². The monoisotopic (exact) mass is 980 g/mol. The Morgan fingerprint density at radius 2 is 1.12 bits per heavy atom. The number of nitrogens with one attached hydrogen (secondary N) is 1. The van der Waals surface area contributed by atoms with Gasteiger partial charge in [-0.15, -0.1) is 0 Å². The molecule has 0 saturated carbocycles. The number of nitrogens with two attached hydrogens (primary N) is 2. The van der Waals surface area contributed by atoms with E-state index < -0.39 is 17.0 Å². The number of hydrogen-bond acceptors (Lipinski definition) is 14. The van der Waals surface area contributed by atoms with Crippen LogP contribution in [0.2, 0.25) is 0 Å². The number of anilines is 2. The molecule has 340 valence electrons. The van der Waals surface area contributed by atoms with Gasteiger partial charge in [-0.25, -0.2) is 18.2 Å². The van der Waals surface area contributed by atoms with Crippen LogP contribution in [0.1, 0.15) is 21.1 Å². The number of nitrogen functional groups attached to an aromatic ring is 2. The fourth-order valence-electron chi connectivity index (χ4n) is 5.41. The summed E-state index contributed by atoms with van der Waals surface area (Å²) in [7, 11) is -1.64. The second-order valence-corrected chi connectivity index (χ2v) is 14.1. The number of H-pyrrole nitrogens is 1. The molecule has 0 bridgehead atoms. The number of nitro benzene ring substituents is 2. The lowest BCUT2D eigenvalue weighted by Gasteiger charge is -1.98. The number of carbonyl (C=O) groups excluding carboxylic acids is 2. The second-order valence-electron chi connectivity index (χ2n) is 13.2. The van der Waals surface area contributed by atoms with Crippen molar-refractivity contribution in [3.63, 3.8) is 0 Å². The average molecular weight is 982 g/mol. The van der Waals surface area contributed by atoms with Gasteiger partial charge in [-0.3, -0.25) is 29.8 Å². The molecule has 67 heavy (non-hydrogen) atoms. The van der Waals surface area contributed by atoms with Gasteiger partial charge < -0.3 is 39.8 Å². The molecule has 9 aromatic rings. The van der Waals surface area contributed by atoms with Crippen LogP contribution in [-0.4, -0.2) is 49.6 Å². The summed E-state index contributed by atoms with van der Waals surface area (Å²) in [6.45, 7) is 0. The molecule has 0 saturated heterocycles. The van der Waals surface area contributed by atoms with Crippen molar-refractivity contribution >= 4 is 75.1 Å². The first-order chi connectivity index (χ1) is 32.1. The molecule has 0 aliphatic heterocycles. The fraction of sp³-hybridized carbons (Fsp3) is 0. The van der Waals surface area contributed by atoms with E-state index in [2.05, 4.69) is 30.3 Å². The molecule has 0 spiro atoms. The predicted octanol–water partition coefficient (Wildman–Crippen LogP) is 9.55. The Balaban J connectivity index is 0.000000168. The highest BCUT2D eigenvalue weighted by atomic mass is 79.9. The zero-order valence-corrected chi connectivity index (χ0v) is 35.8. The van der Waals surface area contributed by atoms with Crippen molar-refractivity contribution in [1.29, 1.82) is 0 Å². The number of non-ortho nitro benzene ring substituents is 2. The number of fused-ring (bicyclic) bond motifs is 1. The number of aromatic nitrogens is 2. The number of nitrogens with zero attached hydrogens (tertiary/aromatic N) is 3. The van der Waals surface area contributed by atoms with E-state index in [0.29, 0.717) is 68.0 Å². The summed E-state index contributed by atoms with van der Waals surface area (Å²) in [5, 5.41) is 38.0. The first-order valence-corrected chi connectivity index (χ1v) is 19.8. The molecule has 0 fully saturated rings. The third-order valence-electron chi connectivity index (χ3n) is 8.66. The molecule has 4 aromatic heterocycles. The minimum atomic E-state index is -1.64. The summed E-state index contributed by atoms with van der Waals surface area (Å²) in [5.41, 5.74) is 13.0. The molecule has 0 aliphatic carbocycles. The van der Waals surface area contributed by atoms with Crippen molar-refractivity contribution in [3.05, 3.63) is 199 Å². The van der Waals surface area contributed by atoms with Crippen LogP contribution < -0.4 is 17.1 Å². The van der Waals surface area contributed by atoms with E-state index in [1.165, 1.54) is 66.7 Å². The van der Waals surface area contributed by atoms with Gasteiger partial charge in [-0.1, -0.05) is 36.4 Å². The number of aldehydes is 2. The lowest BCUT2D eigenvalue weighted by atomic mass is 9.88. The van der Waals surface area contributed by atoms with E-state index >= 15 is 0 Å². The number of hydrogen-bond donors (Lipinski definition) is 5. The smallest absolute Gasteiger partial charge is 0.462 e. The normalized spacial score (nSPS) is 10.1. The highest BCUT2D eigenvalue weighted by molar-refractivity contribution is 9.10. The first kappa shape index (κ1) is 49.4. The van der Waals surface area contributed by atoms with Crippen LogP contribution in [0.3, 0.4) is 0 Å². The number of imidazole rings is 1. The molecule has 17 nitrogen and oxygen atoms in total. The van der Waals surface area contributed by atoms with Crippen molar-refractivity contribution in [3.8, 4) is 34.2 Å². The van der Waals surface area contributed by atoms with Gasteiger partial charge in [0, 0.05) is 24.3 Å². The molecule has 9 rings (SSSR count). The van der Waals surface area contributed by atoms with Crippen LogP contribution in [0.4, 0.5) is 35.9 Å². The first-order valence-electron chi connectivity index (χ1n) is 19.0. The maximum atomic E-state index is 13.8. The Labute approximate surface area is 384 Å². The number of carbonyl (C=O) groups is 2. The molecule has 0 atom stereocenters. The van der Waals surface area contributed by atoms with Crippen molar-refractivity contribution in [2.75, 3.05) is 11.5 Å². The minimum Gasteiger partial charge on any atom is -0.462 e. The Bertz CT molecular complexity index is 3120. The van der Waals surface area contributed by atoms with Crippen LogP contribution in [0.5, 0.6) is 0 Å². The van der Waals surface area contributed by atoms with E-state index in [4.69, 9.17) is 30.3 Å². The summed E-state index contributed by atoms with van der Waals surface area (Å²) in [5.74, 6) is 0.928. The van der Waals surface area contributed by atoms with Gasteiger partial charge in [-0.2, -0.15) is 0 Å². The van der Waals surface area contributed by atoms with Crippen LogP contribution in [0.25, 0.3) is 45.3 Å². The Kier molecular flexibility index (Phi) is 17.2. The van der Waals surface area contributed by atoms with Gasteiger partial charge in [0.2, 0.25) is 0 Å². The third kappa shape index (κ3) is 13.7. The fourth-order valence-corrected chi connectivity index (χ4v) is 5.69. The van der Waals surface area contributed by atoms with E-state index in [1.807, 2.05) is 0 Å². The zero-order chi connectivity index (χ0) is 48.6. The van der Waals surface area contributed by atoms with E-state index in [-0.39, 0.29) is 51.7 Å². The van der Waals surface area contributed by atoms with Crippen molar-refractivity contribution in [2.45, 2.75) is 0 Å². The molecule has 7 N–H and O–H groups in total. The summed E-state index contributed by atoms with van der Waals surface area (Å²) < 4.78 is 55.2. The standard InChI is InChI=1S/C17H10FN3O3.C11H7FO2.C6H4BrF.C6H7N3O2.C5H5BO4/c18-12-4-2-1-3-11(12)15-7-8-16(24-15)17-19-13-6-5-10(21(22)23)9-14(13)20-17;12-10-4-2-1-3-9(10)11-6-5-8(7-13)14-11;7-5-3-1-2-4-6(5)8;7-5-2-1-4(9(10)11)3-6(5)8;7-3-4-1-2-5(10-4)6(8)9/h1-9H,(H,19,20);1-7H;1-4H;1-3H,7-8H2;1-3,8-9H. The summed E-state index contributed by atoms with van der Waals surface area (Å²) in [6, 6.07) is 36.5. The Morgan fingerprint density at radius 3 is 1.61 bits per heavy atom. The largest absolute Gasteiger partial charge is 0.526 e. The van der Waals surface area contributed by atoms with Gasteiger partial charge in [0.25, 0.3) is 11.4 Å². The second kappa shape index (κ2) is 23.4. The number of halogens is 4. The highest BCUT2D eigenvalue weighted by Gasteiger charge is 2.16. The molecule has 4 heterocycles. The van der Waals surface area contributed by atoms with Crippen LogP contribution in [-0.2, 0) is 0 Å². The summed E-state index contributed by atoms with van der Waals surface area (Å²) in [6.07, 6.45) is 1.08. The highest BCUT2D eigenvalue weighted by Crippen LogP contribution is 2.31. The molecular weight excluding hydrogens is 948 g/mol. The Morgan fingerprint density at radius 1 is 0.612 bits per heavy atom. The summed E-state index contributed by atoms with van der Waals surface area (Å²) >= 11 is 3.02. The van der Waals surface area contributed by atoms with Crippen LogP contribution in [0, 0.1) is 37.7 Å². The van der Waals surface area contributed by atoms with Crippen molar-refractivity contribution in [1.82, 2.24) is 9.97 Å². The summed E-state index contributed by atoms with van der Waals surface area (Å²) in [4.78, 5) is 47.7. The van der Waals surface area contributed by atoms with Gasteiger partial charge in [0.1, 0.15) is 34.6 Å². The molecule has 5 aromatic carbocycles. The number of furan rings is 3. The van der Waals surface area contributed by atoms with Crippen molar-refractivity contribution < 1.29 is 55.9 Å². The Hall–Kier alpha value is -8.60. The molecular formula is C45H33BBrF3N6O11. The molecule has 0 aliphatic rings. The average Bonchev–Trinajstić information content (AvgIpc) is 4.16. The number of benzene rings is 5. The SMILES string of the molecule is Fc1ccccc1Br.Nc1ccc([N+](=O)[O-])cc1N.O=Cc1ccc(-c2ccccc2F)o1.O=Cc1ccc(B(O)O)o1.O=[N+]([O-])c1ccc2nc(-c3ccc(-c4ccccc4F)o3)[nH]c2c1. The van der Waals surface area contributed by atoms with Gasteiger partial charge >= 0.3 is 7.12 Å². The van der Waals surface area contributed by atoms with Gasteiger partial charge in [0.15, 0.2) is 35.7 Å². The van der Waals surface area contributed by atoms with Crippen LogP contribution in [0.15, 0.2) is 163 Å². The molecule has 22 heteroatoms. The maximum Gasteiger partial charge on any atom is 0.526 e. The number of nitro groups is 2. The maximum absolute atomic E-state index is 13.8.